The van der Waals surface area contributed by atoms with Gasteiger partial charge in [-0.05, 0) is 35.4 Å². The summed E-state index contributed by atoms with van der Waals surface area (Å²) < 4.78 is 0. The van der Waals surface area contributed by atoms with Crippen LogP contribution >= 0.6 is 0 Å². The second-order valence-corrected chi connectivity index (χ2v) is 5.66. The Morgan fingerprint density at radius 2 is 1.32 bits per heavy atom. The minimum Gasteiger partial charge on any atom is -0.478 e. The van der Waals surface area contributed by atoms with Gasteiger partial charge in [-0.25, -0.2) is 9.59 Å². The largest absolute Gasteiger partial charge is 0.478 e. The molecular formula is C20H14O5. The SMILES string of the molecule is Cc1c(C(=O)O)cc(C(=O)c2cccc3ccccc23)cc1C(=O)O. The number of ketones is 1. The van der Waals surface area contributed by atoms with Crippen molar-refractivity contribution >= 4 is 28.5 Å². The van der Waals surface area contributed by atoms with Crippen LogP contribution in [0.2, 0.25) is 0 Å². The number of fused-ring (bicyclic) bond motifs is 1. The number of aromatic carboxylic acids is 2. The standard InChI is InChI=1S/C20H14O5/c1-11-16(19(22)23)9-13(10-17(11)20(24)25)18(21)15-8-4-6-12-5-2-3-7-14(12)15/h2-10H,1H3,(H,22,23)(H,24,25). The fraction of sp³-hybridized carbons (Fsp3) is 0.0500. The Morgan fingerprint density at radius 3 is 1.92 bits per heavy atom. The van der Waals surface area contributed by atoms with Gasteiger partial charge in [-0.2, -0.15) is 0 Å². The Kier molecular flexibility index (Phi) is 4.07. The van der Waals surface area contributed by atoms with Gasteiger partial charge in [-0.15, -0.1) is 0 Å². The summed E-state index contributed by atoms with van der Waals surface area (Å²) in [5, 5.41) is 20.2. The molecule has 25 heavy (non-hydrogen) atoms. The molecule has 0 aromatic heterocycles. The molecule has 5 nitrogen and oxygen atoms in total. The maximum absolute atomic E-state index is 12.9. The van der Waals surface area contributed by atoms with Crippen LogP contribution in [0.25, 0.3) is 10.8 Å². The molecule has 0 spiro atoms. The molecule has 0 saturated heterocycles. The summed E-state index contributed by atoms with van der Waals surface area (Å²) >= 11 is 0. The monoisotopic (exact) mass is 334 g/mol. The fourth-order valence-electron chi connectivity index (χ4n) is 2.87. The second-order valence-electron chi connectivity index (χ2n) is 5.66. The molecule has 5 heteroatoms. The average Bonchev–Trinajstić information content (AvgIpc) is 2.60. The third-order valence-corrected chi connectivity index (χ3v) is 4.16. The van der Waals surface area contributed by atoms with E-state index in [0.29, 0.717) is 5.56 Å². The number of hydrogen-bond donors (Lipinski definition) is 2. The van der Waals surface area contributed by atoms with Crippen LogP contribution in [0.5, 0.6) is 0 Å². The van der Waals surface area contributed by atoms with E-state index < -0.39 is 17.7 Å². The van der Waals surface area contributed by atoms with E-state index in [-0.39, 0.29) is 22.3 Å². The minimum atomic E-state index is -1.27. The van der Waals surface area contributed by atoms with Crippen LogP contribution in [0.3, 0.4) is 0 Å². The van der Waals surface area contributed by atoms with Gasteiger partial charge in [0.25, 0.3) is 0 Å². The normalized spacial score (nSPS) is 10.6. The highest BCUT2D eigenvalue weighted by Gasteiger charge is 2.21. The molecule has 0 aliphatic rings. The number of carbonyl (C=O) groups is 3. The van der Waals surface area contributed by atoms with Crippen LogP contribution in [-0.2, 0) is 0 Å². The van der Waals surface area contributed by atoms with Crippen LogP contribution in [0.1, 0.15) is 42.2 Å². The van der Waals surface area contributed by atoms with Crippen molar-refractivity contribution in [2.75, 3.05) is 0 Å². The molecule has 0 atom stereocenters. The first-order valence-corrected chi connectivity index (χ1v) is 7.54. The third-order valence-electron chi connectivity index (χ3n) is 4.16. The molecule has 0 aliphatic carbocycles. The van der Waals surface area contributed by atoms with Gasteiger partial charge < -0.3 is 10.2 Å². The average molecular weight is 334 g/mol. The topological polar surface area (TPSA) is 91.7 Å². The summed E-state index contributed by atoms with van der Waals surface area (Å²) in [5.41, 5.74) is 0.174. The Hall–Kier alpha value is -3.47. The lowest BCUT2D eigenvalue weighted by atomic mass is 9.92. The van der Waals surface area contributed by atoms with Gasteiger partial charge in [0.05, 0.1) is 11.1 Å². The highest BCUT2D eigenvalue weighted by molar-refractivity contribution is 6.17. The van der Waals surface area contributed by atoms with E-state index in [1.165, 1.54) is 19.1 Å². The molecule has 3 aromatic rings. The predicted octanol–water partition coefficient (Wildman–Crippen LogP) is 3.78. The lowest BCUT2D eigenvalue weighted by molar-refractivity contribution is 0.0696. The van der Waals surface area contributed by atoms with Crippen molar-refractivity contribution in [1.82, 2.24) is 0 Å². The van der Waals surface area contributed by atoms with Gasteiger partial charge in [0.1, 0.15) is 0 Å². The van der Waals surface area contributed by atoms with Crippen molar-refractivity contribution in [2.45, 2.75) is 6.92 Å². The first kappa shape index (κ1) is 16.4. The number of hydrogen-bond acceptors (Lipinski definition) is 3. The first-order valence-electron chi connectivity index (χ1n) is 7.54. The third kappa shape index (κ3) is 2.87. The molecule has 0 radical (unpaired) electrons. The number of benzene rings is 3. The van der Waals surface area contributed by atoms with Crippen LogP contribution in [0, 0.1) is 6.92 Å². The van der Waals surface area contributed by atoms with Gasteiger partial charge in [0.2, 0.25) is 0 Å². The molecule has 2 N–H and O–H groups in total. The van der Waals surface area contributed by atoms with Crippen LogP contribution in [0.15, 0.2) is 54.6 Å². The molecule has 0 amide bonds. The summed E-state index contributed by atoms with van der Waals surface area (Å²) in [5.74, 6) is -2.96. The van der Waals surface area contributed by atoms with E-state index in [4.69, 9.17) is 0 Å². The quantitative estimate of drug-likeness (QED) is 0.709. The van der Waals surface area contributed by atoms with Gasteiger partial charge in [0, 0.05) is 11.1 Å². The maximum Gasteiger partial charge on any atom is 0.336 e. The molecular weight excluding hydrogens is 320 g/mol. The number of carboxylic acids is 2. The molecule has 0 aliphatic heterocycles. The fourth-order valence-corrected chi connectivity index (χ4v) is 2.87. The van der Waals surface area contributed by atoms with E-state index >= 15 is 0 Å². The van der Waals surface area contributed by atoms with Crippen LogP contribution in [0.4, 0.5) is 0 Å². The van der Waals surface area contributed by atoms with Crippen molar-refractivity contribution < 1.29 is 24.6 Å². The summed E-state index contributed by atoms with van der Waals surface area (Å²) in [6, 6.07) is 15.0. The minimum absolute atomic E-state index is 0.0387. The first-order chi connectivity index (χ1) is 11.9. The molecule has 0 unspecified atom stereocenters. The smallest absolute Gasteiger partial charge is 0.336 e. The lowest BCUT2D eigenvalue weighted by Crippen LogP contribution is -2.12. The molecule has 3 rings (SSSR count). The summed E-state index contributed by atoms with van der Waals surface area (Å²) in [4.78, 5) is 35.8. The van der Waals surface area contributed by atoms with E-state index in [2.05, 4.69) is 0 Å². The summed E-state index contributed by atoms with van der Waals surface area (Å²) in [6.45, 7) is 1.42. The molecule has 124 valence electrons. The second kappa shape index (κ2) is 6.20. The van der Waals surface area contributed by atoms with E-state index in [0.717, 1.165) is 10.8 Å². The van der Waals surface area contributed by atoms with E-state index in [1.807, 2.05) is 18.2 Å². The molecule has 3 aromatic carbocycles. The molecule has 0 fully saturated rings. The zero-order valence-electron chi connectivity index (χ0n) is 13.3. The Morgan fingerprint density at radius 1 is 0.760 bits per heavy atom. The molecule has 0 heterocycles. The Bertz CT molecular complexity index is 993. The maximum atomic E-state index is 12.9. The van der Waals surface area contributed by atoms with Gasteiger partial charge in [0.15, 0.2) is 5.78 Å². The zero-order chi connectivity index (χ0) is 18.1. The summed E-state index contributed by atoms with van der Waals surface area (Å²) in [7, 11) is 0. The molecule has 0 saturated carbocycles. The van der Waals surface area contributed by atoms with Crippen molar-refractivity contribution in [3.63, 3.8) is 0 Å². The lowest BCUT2D eigenvalue weighted by Gasteiger charge is -2.10. The molecule has 0 bridgehead atoms. The van der Waals surface area contributed by atoms with E-state index in [1.54, 1.807) is 24.3 Å². The van der Waals surface area contributed by atoms with Crippen LogP contribution in [-0.4, -0.2) is 27.9 Å². The number of carboxylic acid groups (broad SMARTS) is 2. The van der Waals surface area contributed by atoms with Gasteiger partial charge in [-0.1, -0.05) is 42.5 Å². The zero-order valence-corrected chi connectivity index (χ0v) is 13.3. The Labute approximate surface area is 143 Å². The van der Waals surface area contributed by atoms with Crippen molar-refractivity contribution in [3.8, 4) is 0 Å². The van der Waals surface area contributed by atoms with Gasteiger partial charge in [-0.3, -0.25) is 4.79 Å². The van der Waals surface area contributed by atoms with E-state index in [9.17, 15) is 24.6 Å². The van der Waals surface area contributed by atoms with Crippen molar-refractivity contribution in [1.29, 1.82) is 0 Å². The highest BCUT2D eigenvalue weighted by Crippen LogP contribution is 2.24. The van der Waals surface area contributed by atoms with Crippen LogP contribution < -0.4 is 0 Å². The summed E-state index contributed by atoms with van der Waals surface area (Å²) in [6.07, 6.45) is 0. The van der Waals surface area contributed by atoms with Crippen molar-refractivity contribution in [3.05, 3.63) is 82.4 Å². The predicted molar refractivity (Wildman–Crippen MR) is 92.5 cm³/mol. The van der Waals surface area contributed by atoms with Gasteiger partial charge >= 0.3 is 11.9 Å². The van der Waals surface area contributed by atoms with Crippen molar-refractivity contribution in [2.24, 2.45) is 0 Å². The Balaban J connectivity index is 2.23. The number of rotatable bonds is 4. The highest BCUT2D eigenvalue weighted by atomic mass is 16.4. The number of carbonyl (C=O) groups excluding carboxylic acids is 1.